The molecule has 92 valence electrons. The molecule has 2 N–H and O–H groups in total. The minimum absolute atomic E-state index is 0.145. The van der Waals surface area contributed by atoms with Crippen LogP contribution in [0.5, 0.6) is 0 Å². The molecular weight excluding hydrogens is 234 g/mol. The molecule has 1 saturated carbocycles. The third-order valence-corrected chi connectivity index (χ3v) is 3.58. The van der Waals surface area contributed by atoms with Crippen LogP contribution in [-0.2, 0) is 0 Å². The number of nitro groups is 1. The van der Waals surface area contributed by atoms with E-state index in [1.165, 1.54) is 6.07 Å². The lowest BCUT2D eigenvalue weighted by molar-refractivity contribution is -0.385. The van der Waals surface area contributed by atoms with Gasteiger partial charge in [0.1, 0.15) is 11.9 Å². The second-order valence-corrected chi connectivity index (χ2v) is 4.59. The van der Waals surface area contributed by atoms with Crippen molar-refractivity contribution >= 4 is 11.5 Å². The van der Waals surface area contributed by atoms with Crippen LogP contribution in [0.25, 0.3) is 0 Å². The summed E-state index contributed by atoms with van der Waals surface area (Å²) < 4.78 is 0. The van der Waals surface area contributed by atoms with Gasteiger partial charge in [-0.15, -0.1) is 0 Å². The summed E-state index contributed by atoms with van der Waals surface area (Å²) in [5, 5.41) is 26.0. The molecule has 1 aliphatic carbocycles. The number of pyridine rings is 1. The van der Waals surface area contributed by atoms with E-state index in [-0.39, 0.29) is 11.4 Å². The number of anilines is 1. The first-order valence-electron chi connectivity index (χ1n) is 5.73. The van der Waals surface area contributed by atoms with Gasteiger partial charge in [-0.25, -0.2) is 4.98 Å². The number of hydrogen-bond acceptors (Lipinski definition) is 6. The Hall–Kier alpha value is -2.20. The summed E-state index contributed by atoms with van der Waals surface area (Å²) in [7, 11) is 0. The van der Waals surface area contributed by atoms with Gasteiger partial charge in [0.15, 0.2) is 0 Å². The fourth-order valence-electron chi connectivity index (χ4n) is 2.56. The van der Waals surface area contributed by atoms with Crippen molar-refractivity contribution in [2.75, 3.05) is 18.4 Å². The second kappa shape index (κ2) is 3.92. The molecule has 2 atom stereocenters. The van der Waals surface area contributed by atoms with E-state index < -0.39 is 4.92 Å². The Kier molecular flexibility index (Phi) is 2.38. The topological polar surface area (TPSA) is 104 Å². The van der Waals surface area contributed by atoms with Crippen LogP contribution in [0.3, 0.4) is 0 Å². The first-order chi connectivity index (χ1) is 8.70. The van der Waals surface area contributed by atoms with Gasteiger partial charge >= 0.3 is 5.69 Å². The van der Waals surface area contributed by atoms with Gasteiger partial charge in [0, 0.05) is 25.2 Å². The average Bonchev–Trinajstić information content (AvgIpc) is 2.81. The van der Waals surface area contributed by atoms with E-state index in [0.717, 1.165) is 13.1 Å². The molecule has 7 nitrogen and oxygen atoms in total. The fourth-order valence-corrected chi connectivity index (χ4v) is 2.56. The van der Waals surface area contributed by atoms with Crippen LogP contribution < -0.4 is 10.6 Å². The van der Waals surface area contributed by atoms with Gasteiger partial charge in [0.25, 0.3) is 0 Å². The normalized spacial score (nSPS) is 28.3. The van der Waals surface area contributed by atoms with Crippen LogP contribution >= 0.6 is 0 Å². The number of nitrogens with zero attached hydrogens (tertiary/aromatic N) is 3. The van der Waals surface area contributed by atoms with Crippen molar-refractivity contribution in [3.8, 4) is 6.07 Å². The van der Waals surface area contributed by atoms with Crippen molar-refractivity contribution in [3.63, 3.8) is 0 Å². The predicted octanol–water partition coefficient (Wildman–Crippen LogP) is 0.491. The summed E-state index contributed by atoms with van der Waals surface area (Å²) in [6.07, 6.45) is 0. The van der Waals surface area contributed by atoms with E-state index in [1.54, 1.807) is 12.1 Å². The van der Waals surface area contributed by atoms with Crippen molar-refractivity contribution < 1.29 is 4.92 Å². The highest BCUT2D eigenvalue weighted by molar-refractivity contribution is 5.51. The molecule has 1 aromatic heterocycles. The Bertz CT molecular complexity index is 543. The Morgan fingerprint density at radius 3 is 2.83 bits per heavy atom. The highest BCUT2D eigenvalue weighted by Gasteiger charge is 2.53. The third kappa shape index (κ3) is 1.67. The zero-order valence-corrected chi connectivity index (χ0v) is 9.46. The molecule has 0 bridgehead atoms. The molecule has 1 saturated heterocycles. The molecule has 18 heavy (non-hydrogen) atoms. The number of rotatable bonds is 3. The molecule has 1 aromatic rings. The quantitative estimate of drug-likeness (QED) is 0.593. The Labute approximate surface area is 103 Å². The Morgan fingerprint density at radius 1 is 1.50 bits per heavy atom. The summed E-state index contributed by atoms with van der Waals surface area (Å²) in [5.74, 6) is 1.77. The minimum atomic E-state index is -0.592. The summed E-state index contributed by atoms with van der Waals surface area (Å²) in [6, 6.07) is 5.02. The molecule has 1 aliphatic heterocycles. The van der Waals surface area contributed by atoms with Crippen molar-refractivity contribution in [3.05, 3.63) is 27.9 Å². The van der Waals surface area contributed by atoms with Crippen LogP contribution in [-0.4, -0.2) is 29.0 Å². The van der Waals surface area contributed by atoms with Crippen molar-refractivity contribution in [1.82, 2.24) is 10.3 Å². The molecule has 0 amide bonds. The first kappa shape index (κ1) is 10.9. The fraction of sp³-hybridized carbons (Fsp3) is 0.455. The summed E-state index contributed by atoms with van der Waals surface area (Å²) in [4.78, 5) is 14.1. The van der Waals surface area contributed by atoms with E-state index in [4.69, 9.17) is 5.26 Å². The van der Waals surface area contributed by atoms with Crippen LogP contribution in [0.4, 0.5) is 11.5 Å². The average molecular weight is 245 g/mol. The van der Waals surface area contributed by atoms with E-state index >= 15 is 0 Å². The van der Waals surface area contributed by atoms with Crippen LogP contribution in [0.2, 0.25) is 0 Å². The number of nitrogens with one attached hydrogen (secondary N) is 2. The van der Waals surface area contributed by atoms with Crippen molar-refractivity contribution in [1.29, 1.82) is 5.26 Å². The summed E-state index contributed by atoms with van der Waals surface area (Å²) in [6.45, 7) is 2.00. The van der Waals surface area contributed by atoms with E-state index in [0.29, 0.717) is 23.7 Å². The molecule has 0 radical (unpaired) electrons. The number of hydrogen-bond donors (Lipinski definition) is 2. The van der Waals surface area contributed by atoms with Gasteiger partial charge in [-0.3, -0.25) is 10.1 Å². The third-order valence-electron chi connectivity index (χ3n) is 3.58. The van der Waals surface area contributed by atoms with Crippen LogP contribution in [0, 0.1) is 33.3 Å². The van der Waals surface area contributed by atoms with Crippen molar-refractivity contribution in [2.24, 2.45) is 11.8 Å². The number of piperidine rings is 1. The first-order valence-corrected chi connectivity index (χ1v) is 5.73. The van der Waals surface area contributed by atoms with Gasteiger partial charge in [0.2, 0.25) is 5.69 Å². The van der Waals surface area contributed by atoms with Gasteiger partial charge in [-0.2, -0.15) is 5.26 Å². The van der Waals surface area contributed by atoms with Crippen LogP contribution in [0.15, 0.2) is 12.1 Å². The molecule has 3 rings (SSSR count). The van der Waals surface area contributed by atoms with E-state index in [2.05, 4.69) is 15.6 Å². The lowest BCUT2D eigenvalue weighted by atomic mass is 10.3. The molecule has 0 aromatic carbocycles. The highest BCUT2D eigenvalue weighted by Crippen LogP contribution is 2.43. The monoisotopic (exact) mass is 245 g/mol. The molecule has 0 spiro atoms. The number of fused-ring (bicyclic) bond motifs is 1. The molecule has 2 aliphatic rings. The number of nitriles is 1. The SMILES string of the molecule is N#Cc1nc(NC2C3CNCC32)ccc1[N+](=O)[O-]. The number of aromatic nitrogens is 1. The molecule has 2 unspecified atom stereocenters. The zero-order chi connectivity index (χ0) is 12.7. The highest BCUT2D eigenvalue weighted by atomic mass is 16.6. The smallest absolute Gasteiger partial charge is 0.305 e. The van der Waals surface area contributed by atoms with E-state index in [1.807, 2.05) is 0 Å². The standard InChI is InChI=1S/C11H11N5O2/c12-3-8-9(16(17)18)1-2-10(14-8)15-11-6-4-13-5-7(6)11/h1-2,6-7,11,13H,4-5H2,(H,14,15). The van der Waals surface area contributed by atoms with Gasteiger partial charge in [0.05, 0.1) is 4.92 Å². The second-order valence-electron chi connectivity index (χ2n) is 4.59. The summed E-state index contributed by atoms with van der Waals surface area (Å²) >= 11 is 0. The van der Waals surface area contributed by atoms with Gasteiger partial charge in [-0.05, 0) is 17.9 Å². The minimum Gasteiger partial charge on any atom is -0.367 e. The Balaban J connectivity index is 1.78. The Morgan fingerprint density at radius 2 is 2.22 bits per heavy atom. The molecule has 7 heteroatoms. The maximum Gasteiger partial charge on any atom is 0.305 e. The maximum atomic E-state index is 10.7. The largest absolute Gasteiger partial charge is 0.367 e. The predicted molar refractivity (Wildman–Crippen MR) is 62.9 cm³/mol. The maximum absolute atomic E-state index is 10.7. The lowest BCUT2D eigenvalue weighted by Gasteiger charge is -2.08. The lowest BCUT2D eigenvalue weighted by Crippen LogP contribution is -2.21. The van der Waals surface area contributed by atoms with E-state index in [9.17, 15) is 10.1 Å². The van der Waals surface area contributed by atoms with Gasteiger partial charge in [-0.1, -0.05) is 0 Å². The zero-order valence-electron chi connectivity index (χ0n) is 9.46. The molecular formula is C11H11N5O2. The van der Waals surface area contributed by atoms with Crippen LogP contribution in [0.1, 0.15) is 5.69 Å². The molecule has 2 fully saturated rings. The summed E-state index contributed by atoms with van der Waals surface area (Å²) in [5.41, 5.74) is -0.394. The van der Waals surface area contributed by atoms with Crippen molar-refractivity contribution in [2.45, 2.75) is 6.04 Å². The molecule has 2 heterocycles. The van der Waals surface area contributed by atoms with Gasteiger partial charge < -0.3 is 10.6 Å².